The van der Waals surface area contributed by atoms with Crippen molar-refractivity contribution < 1.29 is 4.42 Å². The van der Waals surface area contributed by atoms with Crippen LogP contribution in [0.25, 0.3) is 21.9 Å². The van der Waals surface area contributed by atoms with E-state index < -0.39 is 0 Å². The monoisotopic (exact) mass is 297 g/mol. The topological polar surface area (TPSA) is 53.9 Å². The molecule has 0 aliphatic heterocycles. The van der Waals surface area contributed by atoms with E-state index in [0.717, 1.165) is 33.1 Å². The van der Waals surface area contributed by atoms with Gasteiger partial charge in [0.25, 0.3) is 0 Å². The normalized spacial score (nSPS) is 11.3. The van der Waals surface area contributed by atoms with Crippen molar-refractivity contribution in [1.29, 1.82) is 0 Å². The van der Waals surface area contributed by atoms with E-state index in [1.54, 1.807) is 6.20 Å². The largest absolute Gasteiger partial charge is 0.444 e. The molecule has 2 N–H and O–H groups in total. The number of rotatable bonds is 3. The highest BCUT2D eigenvalue weighted by molar-refractivity contribution is 6.30. The SMILES string of the molecule is Clc1oc2ccccc2c1CNc1cccc2cn[nH]c12. The zero-order valence-corrected chi connectivity index (χ0v) is 11.8. The van der Waals surface area contributed by atoms with Gasteiger partial charge in [0, 0.05) is 22.9 Å². The second kappa shape index (κ2) is 4.82. The Balaban J connectivity index is 1.70. The number of benzene rings is 2. The van der Waals surface area contributed by atoms with Crippen LogP contribution < -0.4 is 5.32 Å². The number of nitrogens with zero attached hydrogens (tertiary/aromatic N) is 1. The van der Waals surface area contributed by atoms with E-state index >= 15 is 0 Å². The van der Waals surface area contributed by atoms with Crippen molar-refractivity contribution in [3.8, 4) is 0 Å². The second-order valence-electron chi connectivity index (χ2n) is 4.84. The fourth-order valence-electron chi connectivity index (χ4n) is 2.53. The molecule has 0 aliphatic carbocycles. The van der Waals surface area contributed by atoms with Gasteiger partial charge in [0.05, 0.1) is 17.4 Å². The van der Waals surface area contributed by atoms with Gasteiger partial charge in [0.1, 0.15) is 5.58 Å². The number of furan rings is 1. The van der Waals surface area contributed by atoms with E-state index in [0.29, 0.717) is 11.8 Å². The molecule has 0 fully saturated rings. The van der Waals surface area contributed by atoms with Crippen LogP contribution in [0.4, 0.5) is 5.69 Å². The molecule has 0 aliphatic rings. The van der Waals surface area contributed by atoms with Crippen LogP contribution in [-0.2, 0) is 6.54 Å². The molecule has 0 atom stereocenters. The molecule has 4 nitrogen and oxygen atoms in total. The summed E-state index contributed by atoms with van der Waals surface area (Å²) >= 11 is 6.20. The van der Waals surface area contributed by atoms with Crippen molar-refractivity contribution in [1.82, 2.24) is 10.2 Å². The third-order valence-electron chi connectivity index (χ3n) is 3.58. The molecule has 0 spiro atoms. The lowest BCUT2D eigenvalue weighted by atomic mass is 10.1. The lowest BCUT2D eigenvalue weighted by Crippen LogP contribution is -1.99. The Hall–Kier alpha value is -2.46. The van der Waals surface area contributed by atoms with Crippen LogP contribution in [0.2, 0.25) is 5.22 Å². The predicted octanol–water partition coefficient (Wildman–Crippen LogP) is 4.57. The number of aromatic amines is 1. The van der Waals surface area contributed by atoms with Crippen LogP contribution in [0.5, 0.6) is 0 Å². The fourth-order valence-corrected chi connectivity index (χ4v) is 2.79. The van der Waals surface area contributed by atoms with Gasteiger partial charge in [0.15, 0.2) is 5.22 Å². The Kier molecular flexibility index (Phi) is 2.82. The molecule has 0 amide bonds. The number of fused-ring (bicyclic) bond motifs is 2. The Bertz CT molecular complexity index is 925. The van der Waals surface area contributed by atoms with Crippen LogP contribution in [0, 0.1) is 0 Å². The molecule has 104 valence electrons. The molecular weight excluding hydrogens is 286 g/mol. The van der Waals surface area contributed by atoms with Crippen molar-refractivity contribution in [2.45, 2.75) is 6.54 Å². The van der Waals surface area contributed by atoms with Crippen LogP contribution in [0.15, 0.2) is 53.1 Å². The van der Waals surface area contributed by atoms with Gasteiger partial charge in [-0.1, -0.05) is 30.3 Å². The minimum atomic E-state index is 0.431. The van der Waals surface area contributed by atoms with Crippen molar-refractivity contribution in [2.24, 2.45) is 0 Å². The third-order valence-corrected chi connectivity index (χ3v) is 3.89. The maximum absolute atomic E-state index is 6.20. The van der Waals surface area contributed by atoms with Crippen LogP contribution in [0.3, 0.4) is 0 Å². The summed E-state index contributed by atoms with van der Waals surface area (Å²) in [6.07, 6.45) is 1.81. The highest BCUT2D eigenvalue weighted by Crippen LogP contribution is 2.30. The number of halogens is 1. The molecule has 2 aromatic carbocycles. The Labute approximate surface area is 125 Å². The van der Waals surface area contributed by atoms with E-state index in [1.807, 2.05) is 42.5 Å². The van der Waals surface area contributed by atoms with Gasteiger partial charge in [-0.15, -0.1) is 0 Å². The molecule has 0 unspecified atom stereocenters. The van der Waals surface area contributed by atoms with Gasteiger partial charge in [0.2, 0.25) is 0 Å². The first kappa shape index (κ1) is 12.3. The van der Waals surface area contributed by atoms with Gasteiger partial charge in [-0.2, -0.15) is 5.10 Å². The summed E-state index contributed by atoms with van der Waals surface area (Å²) in [4.78, 5) is 0. The summed E-state index contributed by atoms with van der Waals surface area (Å²) in [5, 5.41) is 13.0. The first-order chi connectivity index (χ1) is 10.3. The first-order valence-corrected chi connectivity index (χ1v) is 7.02. The highest BCUT2D eigenvalue weighted by Gasteiger charge is 2.12. The summed E-state index contributed by atoms with van der Waals surface area (Å²) in [6, 6.07) is 13.9. The fraction of sp³-hybridized carbons (Fsp3) is 0.0625. The first-order valence-electron chi connectivity index (χ1n) is 6.65. The molecule has 0 saturated carbocycles. The van der Waals surface area contributed by atoms with E-state index in [9.17, 15) is 0 Å². The lowest BCUT2D eigenvalue weighted by molar-refractivity contribution is 0.613. The average Bonchev–Trinajstić information content (AvgIpc) is 3.09. The number of nitrogens with one attached hydrogen (secondary N) is 2. The van der Waals surface area contributed by atoms with Gasteiger partial charge >= 0.3 is 0 Å². The number of aromatic nitrogens is 2. The minimum absolute atomic E-state index is 0.431. The Morgan fingerprint density at radius 1 is 1.14 bits per heavy atom. The van der Waals surface area contributed by atoms with Crippen molar-refractivity contribution in [3.63, 3.8) is 0 Å². The number of para-hydroxylation sites is 2. The molecule has 21 heavy (non-hydrogen) atoms. The zero-order valence-electron chi connectivity index (χ0n) is 11.1. The second-order valence-corrected chi connectivity index (χ2v) is 5.19. The van der Waals surface area contributed by atoms with Crippen molar-refractivity contribution >= 4 is 39.2 Å². The van der Waals surface area contributed by atoms with Gasteiger partial charge in [-0.05, 0) is 23.7 Å². The highest BCUT2D eigenvalue weighted by atomic mass is 35.5. The molecule has 4 rings (SSSR count). The molecule has 0 saturated heterocycles. The maximum Gasteiger partial charge on any atom is 0.199 e. The summed E-state index contributed by atoms with van der Waals surface area (Å²) < 4.78 is 5.57. The summed E-state index contributed by atoms with van der Waals surface area (Å²) in [5.74, 6) is 0. The zero-order chi connectivity index (χ0) is 14.2. The lowest BCUT2D eigenvalue weighted by Gasteiger charge is -2.06. The summed E-state index contributed by atoms with van der Waals surface area (Å²) in [6.45, 7) is 0.591. The summed E-state index contributed by atoms with van der Waals surface area (Å²) in [7, 11) is 0. The number of anilines is 1. The average molecular weight is 298 g/mol. The maximum atomic E-state index is 6.20. The smallest absolute Gasteiger partial charge is 0.199 e. The number of hydrogen-bond donors (Lipinski definition) is 2. The minimum Gasteiger partial charge on any atom is -0.444 e. The van der Waals surface area contributed by atoms with Crippen molar-refractivity contribution in [3.05, 3.63) is 59.4 Å². The van der Waals surface area contributed by atoms with Gasteiger partial charge < -0.3 is 9.73 Å². The quantitative estimate of drug-likeness (QED) is 0.582. The van der Waals surface area contributed by atoms with Crippen LogP contribution >= 0.6 is 11.6 Å². The standard InChI is InChI=1S/C16H12ClN3O/c17-16-12(11-5-1-2-7-14(11)21-16)9-18-13-6-3-4-10-8-19-20-15(10)13/h1-8,18H,9H2,(H,19,20). The van der Waals surface area contributed by atoms with E-state index in [-0.39, 0.29) is 0 Å². The molecule has 5 heteroatoms. The van der Waals surface area contributed by atoms with E-state index in [1.165, 1.54) is 0 Å². The van der Waals surface area contributed by atoms with Gasteiger partial charge in [-0.25, -0.2) is 0 Å². The summed E-state index contributed by atoms with van der Waals surface area (Å²) in [5.41, 5.74) is 3.75. The molecule has 0 bridgehead atoms. The van der Waals surface area contributed by atoms with Crippen LogP contribution in [0.1, 0.15) is 5.56 Å². The molecular formula is C16H12ClN3O. The Morgan fingerprint density at radius 2 is 2.05 bits per heavy atom. The van der Waals surface area contributed by atoms with Crippen molar-refractivity contribution in [2.75, 3.05) is 5.32 Å². The predicted molar refractivity (Wildman–Crippen MR) is 84.6 cm³/mol. The molecule has 4 aromatic rings. The molecule has 2 aromatic heterocycles. The number of hydrogen-bond acceptors (Lipinski definition) is 3. The Morgan fingerprint density at radius 3 is 3.00 bits per heavy atom. The van der Waals surface area contributed by atoms with Gasteiger partial charge in [-0.3, -0.25) is 5.10 Å². The van der Waals surface area contributed by atoms with E-state index in [4.69, 9.17) is 16.0 Å². The van der Waals surface area contributed by atoms with E-state index in [2.05, 4.69) is 15.5 Å². The molecule has 2 heterocycles. The third kappa shape index (κ3) is 2.04. The molecule has 0 radical (unpaired) electrons. The number of H-pyrrole nitrogens is 1. The van der Waals surface area contributed by atoms with Crippen LogP contribution in [-0.4, -0.2) is 10.2 Å².